The third kappa shape index (κ3) is 1.51. The van der Waals surface area contributed by atoms with Crippen LogP contribution < -0.4 is 10.6 Å². The van der Waals surface area contributed by atoms with Crippen molar-refractivity contribution >= 4 is 11.6 Å². The molecule has 1 aromatic carbocycles. The van der Waals surface area contributed by atoms with Gasteiger partial charge in [-0.05, 0) is 43.0 Å². The first-order chi connectivity index (χ1) is 8.11. The Labute approximate surface area is 100 Å². The van der Waals surface area contributed by atoms with Crippen LogP contribution in [0.25, 0.3) is 0 Å². The minimum absolute atomic E-state index is 0.0569. The number of hydrogen-bond acceptors (Lipinski definition) is 3. The summed E-state index contributed by atoms with van der Waals surface area (Å²) in [5, 5.41) is 0. The summed E-state index contributed by atoms with van der Waals surface area (Å²) < 4.78 is 12.9. The van der Waals surface area contributed by atoms with E-state index >= 15 is 0 Å². The van der Waals surface area contributed by atoms with Crippen LogP contribution in [0.15, 0.2) is 29.3 Å². The van der Waals surface area contributed by atoms with Crippen molar-refractivity contribution in [1.29, 1.82) is 0 Å². The van der Waals surface area contributed by atoms with Gasteiger partial charge in [0.05, 0.1) is 12.1 Å². The molecule has 1 heterocycles. The molecule has 1 spiro atoms. The lowest BCUT2D eigenvalue weighted by atomic mass is 9.68. The van der Waals surface area contributed by atoms with Crippen LogP contribution in [0.2, 0.25) is 0 Å². The van der Waals surface area contributed by atoms with Gasteiger partial charge >= 0.3 is 0 Å². The van der Waals surface area contributed by atoms with Crippen molar-refractivity contribution in [3.8, 4) is 0 Å². The molecule has 17 heavy (non-hydrogen) atoms. The van der Waals surface area contributed by atoms with Crippen molar-refractivity contribution in [2.45, 2.75) is 25.3 Å². The fourth-order valence-electron chi connectivity index (χ4n) is 3.16. The molecule has 0 bridgehead atoms. The zero-order chi connectivity index (χ0) is 12.0. The van der Waals surface area contributed by atoms with E-state index in [0.717, 1.165) is 31.0 Å². The number of anilines is 1. The third-order valence-corrected chi connectivity index (χ3v) is 3.78. The smallest absolute Gasteiger partial charge is 0.196 e. The van der Waals surface area contributed by atoms with Gasteiger partial charge in [-0.1, -0.05) is 6.92 Å². The Bertz CT molecular complexity index is 460. The molecule has 3 rings (SSSR count). The number of aliphatic imine (C=N–C) groups is 1. The average molecular weight is 233 g/mol. The van der Waals surface area contributed by atoms with Crippen LogP contribution in [0.1, 0.15) is 19.8 Å². The molecule has 1 saturated carbocycles. The summed E-state index contributed by atoms with van der Waals surface area (Å²) in [5.74, 6) is 1.06. The standard InChI is InChI=1S/C13H16FN3/c1-9-6-13(7-9)8-16-12(15)17(13)11-4-2-10(14)3-5-11/h2-5,9H,6-8H2,1H3,(H2,15,16). The van der Waals surface area contributed by atoms with Crippen LogP contribution in [0, 0.1) is 11.7 Å². The van der Waals surface area contributed by atoms with E-state index in [2.05, 4.69) is 16.8 Å². The maximum Gasteiger partial charge on any atom is 0.196 e. The number of rotatable bonds is 1. The normalized spacial score (nSPS) is 31.5. The molecule has 2 aliphatic rings. The number of hydrogen-bond donors (Lipinski definition) is 1. The summed E-state index contributed by atoms with van der Waals surface area (Å²) in [6.07, 6.45) is 2.21. The second-order valence-electron chi connectivity index (χ2n) is 5.22. The molecule has 0 radical (unpaired) electrons. The molecule has 2 N–H and O–H groups in total. The van der Waals surface area contributed by atoms with Gasteiger partial charge < -0.3 is 10.6 Å². The quantitative estimate of drug-likeness (QED) is 0.807. The average Bonchev–Trinajstić information content (AvgIpc) is 2.58. The molecule has 1 aliphatic heterocycles. The summed E-state index contributed by atoms with van der Waals surface area (Å²) >= 11 is 0. The second-order valence-corrected chi connectivity index (χ2v) is 5.22. The summed E-state index contributed by atoms with van der Waals surface area (Å²) in [6, 6.07) is 6.48. The summed E-state index contributed by atoms with van der Waals surface area (Å²) in [6.45, 7) is 3.00. The Kier molecular flexibility index (Phi) is 2.15. The molecule has 0 saturated heterocycles. The highest BCUT2D eigenvalue weighted by molar-refractivity contribution is 5.98. The van der Waals surface area contributed by atoms with Gasteiger partial charge in [-0.15, -0.1) is 0 Å². The van der Waals surface area contributed by atoms with Crippen molar-refractivity contribution in [2.24, 2.45) is 16.6 Å². The van der Waals surface area contributed by atoms with Crippen LogP contribution >= 0.6 is 0 Å². The number of nitrogens with two attached hydrogens (primary N) is 1. The molecule has 90 valence electrons. The fraction of sp³-hybridized carbons (Fsp3) is 0.462. The van der Waals surface area contributed by atoms with Crippen LogP contribution in [0.4, 0.5) is 10.1 Å². The Morgan fingerprint density at radius 3 is 2.59 bits per heavy atom. The van der Waals surface area contributed by atoms with Gasteiger partial charge in [-0.25, -0.2) is 4.39 Å². The monoisotopic (exact) mass is 233 g/mol. The van der Waals surface area contributed by atoms with E-state index in [9.17, 15) is 4.39 Å². The predicted octanol–water partition coefficient (Wildman–Crippen LogP) is 2.13. The third-order valence-electron chi connectivity index (χ3n) is 3.78. The topological polar surface area (TPSA) is 41.6 Å². The molecule has 1 aromatic rings. The van der Waals surface area contributed by atoms with Gasteiger partial charge in [0.15, 0.2) is 5.96 Å². The first kappa shape index (κ1) is 10.6. The molecule has 1 aliphatic carbocycles. The highest BCUT2D eigenvalue weighted by atomic mass is 19.1. The maximum atomic E-state index is 12.9. The molecule has 3 nitrogen and oxygen atoms in total. The molecule has 1 fully saturated rings. The van der Waals surface area contributed by atoms with Gasteiger partial charge in [0.2, 0.25) is 0 Å². The van der Waals surface area contributed by atoms with E-state index < -0.39 is 0 Å². The van der Waals surface area contributed by atoms with Crippen LogP contribution in [0.5, 0.6) is 0 Å². The van der Waals surface area contributed by atoms with Crippen molar-refractivity contribution < 1.29 is 4.39 Å². The van der Waals surface area contributed by atoms with Crippen LogP contribution in [-0.2, 0) is 0 Å². The van der Waals surface area contributed by atoms with E-state index in [1.807, 2.05) is 0 Å². The lowest BCUT2D eigenvalue weighted by Gasteiger charge is -2.49. The van der Waals surface area contributed by atoms with Gasteiger partial charge in [-0.2, -0.15) is 0 Å². The van der Waals surface area contributed by atoms with E-state index in [1.165, 1.54) is 12.1 Å². The van der Waals surface area contributed by atoms with Crippen molar-refractivity contribution in [1.82, 2.24) is 0 Å². The molecular weight excluding hydrogens is 217 g/mol. The minimum atomic E-state index is -0.223. The lowest BCUT2D eigenvalue weighted by molar-refractivity contribution is 0.182. The minimum Gasteiger partial charge on any atom is -0.369 e. The van der Waals surface area contributed by atoms with Gasteiger partial charge in [0.1, 0.15) is 5.82 Å². The Hall–Kier alpha value is -1.58. The molecule has 0 unspecified atom stereocenters. The summed E-state index contributed by atoms with van der Waals surface area (Å²) in [7, 11) is 0. The Morgan fingerprint density at radius 2 is 2.00 bits per heavy atom. The van der Waals surface area contributed by atoms with Crippen LogP contribution in [0.3, 0.4) is 0 Å². The SMILES string of the molecule is CC1CC2(CN=C(N)N2c2ccc(F)cc2)C1. The van der Waals surface area contributed by atoms with Crippen LogP contribution in [-0.4, -0.2) is 18.0 Å². The number of benzene rings is 1. The summed E-state index contributed by atoms with van der Waals surface area (Å²) in [4.78, 5) is 6.43. The van der Waals surface area contributed by atoms with Gasteiger partial charge in [0.25, 0.3) is 0 Å². The molecule has 4 heteroatoms. The van der Waals surface area contributed by atoms with E-state index in [4.69, 9.17) is 5.73 Å². The Balaban J connectivity index is 1.94. The highest BCUT2D eigenvalue weighted by Gasteiger charge is 2.51. The van der Waals surface area contributed by atoms with Crippen molar-refractivity contribution in [3.05, 3.63) is 30.1 Å². The maximum absolute atomic E-state index is 12.9. The van der Waals surface area contributed by atoms with Gasteiger partial charge in [0, 0.05) is 5.69 Å². The first-order valence-corrected chi connectivity index (χ1v) is 5.96. The molecular formula is C13H16FN3. The van der Waals surface area contributed by atoms with Crippen molar-refractivity contribution in [2.75, 3.05) is 11.4 Å². The first-order valence-electron chi connectivity index (χ1n) is 5.96. The predicted molar refractivity (Wildman–Crippen MR) is 66.5 cm³/mol. The number of halogens is 1. The second kappa shape index (κ2) is 3.45. The largest absolute Gasteiger partial charge is 0.369 e. The molecule has 0 atom stereocenters. The zero-order valence-electron chi connectivity index (χ0n) is 9.86. The lowest BCUT2D eigenvalue weighted by Crippen LogP contribution is -2.59. The van der Waals surface area contributed by atoms with E-state index in [-0.39, 0.29) is 11.4 Å². The zero-order valence-corrected chi connectivity index (χ0v) is 9.86. The van der Waals surface area contributed by atoms with E-state index in [0.29, 0.717) is 5.96 Å². The number of guanidine groups is 1. The van der Waals surface area contributed by atoms with E-state index in [1.54, 1.807) is 12.1 Å². The summed E-state index contributed by atoms with van der Waals surface area (Å²) in [5.41, 5.74) is 6.96. The van der Waals surface area contributed by atoms with Gasteiger partial charge in [-0.3, -0.25) is 4.99 Å². The number of nitrogens with zero attached hydrogens (tertiary/aromatic N) is 2. The Morgan fingerprint density at radius 1 is 1.35 bits per heavy atom. The molecule has 0 amide bonds. The molecule has 0 aromatic heterocycles. The van der Waals surface area contributed by atoms with Crippen molar-refractivity contribution in [3.63, 3.8) is 0 Å². The highest BCUT2D eigenvalue weighted by Crippen LogP contribution is 2.46. The fourth-order valence-corrected chi connectivity index (χ4v) is 3.16.